The molecule has 0 bridgehead atoms. The minimum Gasteiger partial charge on any atom is -0.493 e. The largest absolute Gasteiger partial charge is 0.493 e. The van der Waals surface area contributed by atoms with Crippen molar-refractivity contribution in [2.45, 2.75) is 26.8 Å². The van der Waals surface area contributed by atoms with Crippen molar-refractivity contribution in [3.8, 4) is 11.5 Å². The monoisotopic (exact) mass is 391 g/mol. The molecule has 2 heterocycles. The van der Waals surface area contributed by atoms with Gasteiger partial charge in [-0.05, 0) is 54.7 Å². The van der Waals surface area contributed by atoms with Crippen LogP contribution in [0, 0.1) is 13.8 Å². The molecule has 1 aliphatic rings. The Hall–Kier alpha value is -3.35. The number of nitrogens with one attached hydrogen (secondary N) is 1. The number of benzene rings is 2. The maximum Gasteiger partial charge on any atom is 0.249 e. The topological polar surface area (TPSA) is 72.4 Å². The fraction of sp³-hybridized carbons (Fsp3) is 0.318. The molecule has 7 nitrogen and oxygen atoms in total. The second-order valence-corrected chi connectivity index (χ2v) is 7.18. The molecule has 1 aromatic heterocycles. The lowest BCUT2D eigenvalue weighted by molar-refractivity contribution is 0.353. The third-order valence-electron chi connectivity index (χ3n) is 5.31. The van der Waals surface area contributed by atoms with E-state index in [0.29, 0.717) is 5.95 Å². The van der Waals surface area contributed by atoms with E-state index in [2.05, 4.69) is 52.5 Å². The number of rotatable bonds is 5. The second kappa shape index (κ2) is 7.95. The molecule has 150 valence electrons. The number of aryl methyl sites for hydroxylation is 2. The number of hydrogen-bond acceptors (Lipinski definition) is 7. The Kier molecular flexibility index (Phi) is 5.20. The summed E-state index contributed by atoms with van der Waals surface area (Å²) in [5, 5.41) is 11.7. The van der Waals surface area contributed by atoms with Crippen molar-refractivity contribution in [2.24, 2.45) is 0 Å². The zero-order valence-electron chi connectivity index (χ0n) is 17.2. The summed E-state index contributed by atoms with van der Waals surface area (Å²) in [6.07, 6.45) is 2.61. The van der Waals surface area contributed by atoms with Gasteiger partial charge in [0.2, 0.25) is 5.95 Å². The molecule has 29 heavy (non-hydrogen) atoms. The fourth-order valence-electron chi connectivity index (χ4n) is 3.70. The third-order valence-corrected chi connectivity index (χ3v) is 5.31. The lowest BCUT2D eigenvalue weighted by Gasteiger charge is -2.30. The smallest absolute Gasteiger partial charge is 0.249 e. The Morgan fingerprint density at radius 3 is 2.38 bits per heavy atom. The molecular formula is C22H25N5O2. The Bertz CT molecular complexity index is 1020. The van der Waals surface area contributed by atoms with Crippen LogP contribution in [-0.2, 0) is 13.0 Å². The molecule has 0 saturated heterocycles. The number of aromatic nitrogens is 3. The number of ether oxygens (including phenoxy) is 2. The predicted octanol–water partition coefficient (Wildman–Crippen LogP) is 3.81. The van der Waals surface area contributed by atoms with Crippen molar-refractivity contribution in [2.75, 3.05) is 31.0 Å². The fourth-order valence-corrected chi connectivity index (χ4v) is 3.70. The molecule has 0 spiro atoms. The number of hydrogen-bond donors (Lipinski definition) is 1. The first-order chi connectivity index (χ1) is 14.1. The predicted molar refractivity (Wildman–Crippen MR) is 113 cm³/mol. The minimum atomic E-state index is 0.498. The highest BCUT2D eigenvalue weighted by Gasteiger charge is 2.21. The zero-order chi connectivity index (χ0) is 20.4. The van der Waals surface area contributed by atoms with E-state index in [9.17, 15) is 0 Å². The van der Waals surface area contributed by atoms with Gasteiger partial charge < -0.3 is 19.7 Å². The number of nitrogens with zero attached hydrogens (tertiary/aromatic N) is 4. The molecule has 0 saturated carbocycles. The molecule has 0 aliphatic carbocycles. The molecule has 0 fully saturated rings. The van der Waals surface area contributed by atoms with E-state index in [1.165, 1.54) is 11.1 Å². The summed E-state index contributed by atoms with van der Waals surface area (Å²) in [5.41, 5.74) is 5.79. The van der Waals surface area contributed by atoms with Crippen molar-refractivity contribution in [3.05, 3.63) is 58.8 Å². The van der Waals surface area contributed by atoms with Gasteiger partial charge in [-0.3, -0.25) is 0 Å². The quantitative estimate of drug-likeness (QED) is 0.709. The van der Waals surface area contributed by atoms with Gasteiger partial charge in [-0.1, -0.05) is 18.2 Å². The molecule has 3 aromatic rings. The van der Waals surface area contributed by atoms with E-state index < -0.39 is 0 Å². The van der Waals surface area contributed by atoms with Gasteiger partial charge in [0.25, 0.3) is 0 Å². The molecule has 0 amide bonds. The van der Waals surface area contributed by atoms with Gasteiger partial charge in [-0.25, -0.2) is 0 Å². The number of fused-ring (bicyclic) bond motifs is 1. The summed E-state index contributed by atoms with van der Waals surface area (Å²) in [4.78, 5) is 6.92. The van der Waals surface area contributed by atoms with Gasteiger partial charge in [-0.2, -0.15) is 10.1 Å². The van der Waals surface area contributed by atoms with Crippen LogP contribution in [0.3, 0.4) is 0 Å². The second-order valence-electron chi connectivity index (χ2n) is 7.18. The molecule has 0 atom stereocenters. The Balaban J connectivity index is 1.58. The van der Waals surface area contributed by atoms with E-state index in [1.807, 2.05) is 12.1 Å². The average Bonchev–Trinajstić information content (AvgIpc) is 2.75. The van der Waals surface area contributed by atoms with Gasteiger partial charge >= 0.3 is 0 Å². The van der Waals surface area contributed by atoms with E-state index in [-0.39, 0.29) is 0 Å². The van der Waals surface area contributed by atoms with Crippen molar-refractivity contribution in [1.82, 2.24) is 15.2 Å². The van der Waals surface area contributed by atoms with Crippen LogP contribution in [0.4, 0.5) is 17.5 Å². The number of para-hydroxylation sites is 1. The first kappa shape index (κ1) is 19.0. The van der Waals surface area contributed by atoms with Gasteiger partial charge in [0.15, 0.2) is 17.3 Å². The van der Waals surface area contributed by atoms with E-state index >= 15 is 0 Å². The first-order valence-corrected chi connectivity index (χ1v) is 9.60. The van der Waals surface area contributed by atoms with Crippen LogP contribution in [0.1, 0.15) is 22.3 Å². The minimum absolute atomic E-state index is 0.498. The van der Waals surface area contributed by atoms with Crippen molar-refractivity contribution >= 4 is 17.5 Å². The Labute approximate surface area is 170 Å². The van der Waals surface area contributed by atoms with Crippen LogP contribution in [0.2, 0.25) is 0 Å². The molecule has 0 radical (unpaired) electrons. The summed E-state index contributed by atoms with van der Waals surface area (Å²) >= 11 is 0. The maximum absolute atomic E-state index is 5.46. The van der Waals surface area contributed by atoms with E-state index in [1.54, 1.807) is 20.4 Å². The molecule has 1 N–H and O–H groups in total. The standard InChI is InChI=1S/C22H25N5O2/c1-14-6-5-7-15(2)21(14)25-22-24-20(12-23-26-22)27-9-8-16-10-18(28-3)19(29-4)11-17(16)13-27/h5-7,10-12H,8-9,13H2,1-4H3,(H,24,25,26). The highest BCUT2D eigenvalue weighted by molar-refractivity contribution is 5.63. The lowest BCUT2D eigenvalue weighted by Crippen LogP contribution is -2.31. The Morgan fingerprint density at radius 2 is 1.69 bits per heavy atom. The van der Waals surface area contributed by atoms with Gasteiger partial charge in [0.1, 0.15) is 0 Å². The molecule has 4 rings (SSSR count). The van der Waals surface area contributed by atoms with Crippen molar-refractivity contribution in [1.29, 1.82) is 0 Å². The van der Waals surface area contributed by atoms with Crippen LogP contribution >= 0.6 is 0 Å². The molecule has 2 aromatic carbocycles. The normalized spacial score (nSPS) is 13.0. The van der Waals surface area contributed by atoms with Crippen LogP contribution in [0.15, 0.2) is 36.5 Å². The lowest BCUT2D eigenvalue weighted by atomic mass is 9.99. The van der Waals surface area contributed by atoms with Gasteiger partial charge in [-0.15, -0.1) is 5.10 Å². The zero-order valence-corrected chi connectivity index (χ0v) is 17.2. The molecular weight excluding hydrogens is 366 g/mol. The molecule has 0 unspecified atom stereocenters. The SMILES string of the molecule is COc1cc2c(cc1OC)CN(c1cnnc(Nc3c(C)cccc3C)n1)CC2. The van der Waals surface area contributed by atoms with Crippen molar-refractivity contribution in [3.63, 3.8) is 0 Å². The Morgan fingerprint density at radius 1 is 1.00 bits per heavy atom. The van der Waals surface area contributed by atoms with Gasteiger partial charge in [0, 0.05) is 18.8 Å². The van der Waals surface area contributed by atoms with Crippen LogP contribution in [0.5, 0.6) is 11.5 Å². The molecule has 7 heteroatoms. The number of methoxy groups -OCH3 is 2. The highest BCUT2D eigenvalue weighted by atomic mass is 16.5. The van der Waals surface area contributed by atoms with Crippen LogP contribution in [-0.4, -0.2) is 35.9 Å². The average molecular weight is 391 g/mol. The van der Waals surface area contributed by atoms with Crippen LogP contribution < -0.4 is 19.7 Å². The van der Waals surface area contributed by atoms with Crippen LogP contribution in [0.25, 0.3) is 0 Å². The van der Waals surface area contributed by atoms with Gasteiger partial charge in [0.05, 0.1) is 20.4 Å². The number of anilines is 3. The third kappa shape index (κ3) is 3.81. The molecule has 1 aliphatic heterocycles. The van der Waals surface area contributed by atoms with E-state index in [4.69, 9.17) is 14.5 Å². The highest BCUT2D eigenvalue weighted by Crippen LogP contribution is 2.34. The van der Waals surface area contributed by atoms with E-state index in [0.717, 1.165) is 53.6 Å². The summed E-state index contributed by atoms with van der Waals surface area (Å²) in [5.74, 6) is 2.81. The summed E-state index contributed by atoms with van der Waals surface area (Å²) < 4.78 is 10.9. The van der Waals surface area contributed by atoms with Crippen molar-refractivity contribution < 1.29 is 9.47 Å². The summed E-state index contributed by atoms with van der Waals surface area (Å²) in [6.45, 7) is 5.72. The summed E-state index contributed by atoms with van der Waals surface area (Å²) in [7, 11) is 3.32. The maximum atomic E-state index is 5.46. The summed E-state index contributed by atoms with van der Waals surface area (Å²) in [6, 6.07) is 10.3. The first-order valence-electron chi connectivity index (χ1n) is 9.60.